The van der Waals surface area contributed by atoms with Crippen molar-refractivity contribution in [1.29, 1.82) is 0 Å². The number of carbonyl (C=O) groups excluding carboxylic acids is 3. The van der Waals surface area contributed by atoms with E-state index in [2.05, 4.69) is 10.6 Å². The van der Waals surface area contributed by atoms with Crippen LogP contribution in [0.1, 0.15) is 63.9 Å². The lowest BCUT2D eigenvalue weighted by atomic mass is 9.95. The summed E-state index contributed by atoms with van der Waals surface area (Å²) in [4.78, 5) is 38.9. The molecule has 5 rings (SSSR count). The molecule has 1 aliphatic rings. The van der Waals surface area contributed by atoms with E-state index in [9.17, 15) is 14.4 Å². The summed E-state index contributed by atoms with van der Waals surface area (Å²) in [6.07, 6.45) is 5.39. The fourth-order valence-electron chi connectivity index (χ4n) is 5.78. The van der Waals surface area contributed by atoms with Crippen LogP contribution in [0.5, 0.6) is 5.75 Å². The van der Waals surface area contributed by atoms with Crippen LogP contribution >= 0.6 is 0 Å². The molecule has 0 amide bonds. The zero-order chi connectivity index (χ0) is 31.4. The second-order valence-corrected chi connectivity index (χ2v) is 11.3. The van der Waals surface area contributed by atoms with Crippen LogP contribution in [0.4, 0.5) is 11.4 Å². The molecule has 232 valence electrons. The van der Waals surface area contributed by atoms with Crippen LogP contribution in [0.2, 0.25) is 0 Å². The molecule has 0 bridgehead atoms. The average molecular weight is 605 g/mol. The standard InChI is InChI=1S/C38H40N2O5/c1-44-38(43)35(40-34-19-10-8-17-32(34)37(42)28-12-3-2-4-13-28)26-27-20-22-30(23-21-27)45-25-11-24-39-33-18-9-7-16-31(33)36(41)29-14-5-6-15-29/h2-4,7-10,12-13,16-23,29,35,39-40H,5-6,11,14-15,24-26H2,1H3. The van der Waals surface area contributed by atoms with E-state index in [1.165, 1.54) is 7.11 Å². The molecule has 0 saturated heterocycles. The minimum atomic E-state index is -0.694. The van der Waals surface area contributed by atoms with Gasteiger partial charge in [0.25, 0.3) is 0 Å². The number of hydrogen-bond donors (Lipinski definition) is 2. The van der Waals surface area contributed by atoms with Gasteiger partial charge in [0, 0.05) is 46.9 Å². The summed E-state index contributed by atoms with van der Waals surface area (Å²) < 4.78 is 11.0. The highest BCUT2D eigenvalue weighted by molar-refractivity contribution is 6.12. The molecule has 7 heteroatoms. The van der Waals surface area contributed by atoms with Gasteiger partial charge in [-0.25, -0.2) is 4.79 Å². The lowest BCUT2D eigenvalue weighted by molar-refractivity contribution is -0.141. The number of anilines is 2. The van der Waals surface area contributed by atoms with Crippen LogP contribution in [0.15, 0.2) is 103 Å². The van der Waals surface area contributed by atoms with E-state index in [-0.39, 0.29) is 17.5 Å². The third-order valence-corrected chi connectivity index (χ3v) is 8.21. The summed E-state index contributed by atoms with van der Waals surface area (Å²) in [6.45, 7) is 1.21. The van der Waals surface area contributed by atoms with Gasteiger partial charge in [0.1, 0.15) is 11.8 Å². The summed E-state index contributed by atoms with van der Waals surface area (Å²) in [7, 11) is 1.36. The van der Waals surface area contributed by atoms with Crippen molar-refractivity contribution in [2.45, 2.75) is 44.6 Å². The first-order valence-electron chi connectivity index (χ1n) is 15.7. The minimum absolute atomic E-state index is 0.124. The fraction of sp³-hybridized carbons (Fsp3) is 0.289. The average Bonchev–Trinajstić information content (AvgIpc) is 3.64. The third-order valence-electron chi connectivity index (χ3n) is 8.21. The van der Waals surface area contributed by atoms with Gasteiger partial charge in [-0.1, -0.05) is 79.6 Å². The van der Waals surface area contributed by atoms with E-state index >= 15 is 0 Å². The van der Waals surface area contributed by atoms with Crippen LogP contribution in [0.25, 0.3) is 0 Å². The number of Topliss-reactive ketones (excluding diaryl/α,β-unsaturated/α-hetero) is 1. The number of hydrogen-bond acceptors (Lipinski definition) is 7. The van der Waals surface area contributed by atoms with Crippen molar-refractivity contribution in [2.24, 2.45) is 5.92 Å². The highest BCUT2D eigenvalue weighted by atomic mass is 16.5. The Morgan fingerprint density at radius 1 is 0.778 bits per heavy atom. The maximum absolute atomic E-state index is 13.2. The largest absolute Gasteiger partial charge is 0.494 e. The third kappa shape index (κ3) is 8.38. The van der Waals surface area contributed by atoms with Gasteiger partial charge < -0.3 is 20.1 Å². The molecular weight excluding hydrogens is 564 g/mol. The maximum Gasteiger partial charge on any atom is 0.328 e. The van der Waals surface area contributed by atoms with Crippen LogP contribution in [-0.4, -0.2) is 43.8 Å². The van der Waals surface area contributed by atoms with Crippen molar-refractivity contribution in [3.05, 3.63) is 125 Å². The molecule has 7 nitrogen and oxygen atoms in total. The molecule has 1 atom stereocenters. The molecule has 1 saturated carbocycles. The van der Waals surface area contributed by atoms with Crippen molar-refractivity contribution < 1.29 is 23.9 Å². The smallest absolute Gasteiger partial charge is 0.328 e. The van der Waals surface area contributed by atoms with Crippen molar-refractivity contribution in [3.8, 4) is 5.75 Å². The molecule has 0 heterocycles. The van der Waals surface area contributed by atoms with Gasteiger partial charge in [0.2, 0.25) is 0 Å². The SMILES string of the molecule is COC(=O)C(Cc1ccc(OCCCNc2ccccc2C(=O)C2CCCC2)cc1)Nc1ccccc1C(=O)c1ccccc1. The number of nitrogens with one attached hydrogen (secondary N) is 2. The van der Waals surface area contributed by atoms with Gasteiger partial charge in [-0.3, -0.25) is 9.59 Å². The quantitative estimate of drug-likeness (QED) is 0.0831. The van der Waals surface area contributed by atoms with Crippen molar-refractivity contribution in [2.75, 3.05) is 30.9 Å². The van der Waals surface area contributed by atoms with Crippen LogP contribution in [0, 0.1) is 5.92 Å². The summed E-state index contributed by atoms with van der Waals surface area (Å²) in [5, 5.41) is 6.66. The summed E-state index contributed by atoms with van der Waals surface area (Å²) in [6, 6.07) is 31.0. The number of rotatable bonds is 15. The fourth-order valence-corrected chi connectivity index (χ4v) is 5.78. The van der Waals surface area contributed by atoms with Gasteiger partial charge in [0.15, 0.2) is 11.6 Å². The van der Waals surface area contributed by atoms with E-state index in [4.69, 9.17) is 9.47 Å². The molecule has 45 heavy (non-hydrogen) atoms. The highest BCUT2D eigenvalue weighted by Crippen LogP contribution is 2.30. The zero-order valence-corrected chi connectivity index (χ0v) is 25.7. The summed E-state index contributed by atoms with van der Waals surface area (Å²) in [5.74, 6) is 0.591. The molecule has 0 aliphatic heterocycles. The number of carbonyl (C=O) groups is 3. The Balaban J connectivity index is 1.13. The van der Waals surface area contributed by atoms with Gasteiger partial charge in [0.05, 0.1) is 13.7 Å². The molecule has 0 aromatic heterocycles. The summed E-state index contributed by atoms with van der Waals surface area (Å²) >= 11 is 0. The predicted octanol–water partition coefficient (Wildman–Crippen LogP) is 7.37. The second kappa shape index (κ2) is 15.7. The Hall–Kier alpha value is -4.91. The predicted molar refractivity (Wildman–Crippen MR) is 177 cm³/mol. The van der Waals surface area contributed by atoms with Gasteiger partial charge in [-0.05, 0) is 61.2 Å². The van der Waals surface area contributed by atoms with Crippen LogP contribution in [-0.2, 0) is 16.0 Å². The van der Waals surface area contributed by atoms with E-state index in [1.54, 1.807) is 30.3 Å². The minimum Gasteiger partial charge on any atom is -0.494 e. The number of ketones is 2. The first-order chi connectivity index (χ1) is 22.0. The Morgan fingerprint density at radius 2 is 1.42 bits per heavy atom. The monoisotopic (exact) mass is 604 g/mol. The van der Waals surface area contributed by atoms with Crippen LogP contribution in [0.3, 0.4) is 0 Å². The first kappa shape index (κ1) is 31.5. The Bertz CT molecular complexity index is 1580. The molecular formula is C38H40N2O5. The maximum atomic E-state index is 13.2. The number of methoxy groups -OCH3 is 1. The topological polar surface area (TPSA) is 93.7 Å². The Kier molecular flexibility index (Phi) is 11.0. The molecule has 0 radical (unpaired) electrons. The van der Waals surface area contributed by atoms with Gasteiger partial charge in [-0.15, -0.1) is 0 Å². The van der Waals surface area contributed by atoms with E-state index in [0.29, 0.717) is 36.4 Å². The number of esters is 1. The molecule has 1 unspecified atom stereocenters. The number of benzene rings is 4. The zero-order valence-electron chi connectivity index (χ0n) is 25.7. The summed E-state index contributed by atoms with van der Waals surface area (Å²) in [5.41, 5.74) is 4.22. The highest BCUT2D eigenvalue weighted by Gasteiger charge is 2.25. The second-order valence-electron chi connectivity index (χ2n) is 11.3. The molecule has 4 aromatic rings. The lowest BCUT2D eigenvalue weighted by Crippen LogP contribution is -2.33. The molecule has 1 fully saturated rings. The Labute approximate surface area is 265 Å². The van der Waals surface area contributed by atoms with Crippen molar-refractivity contribution >= 4 is 28.9 Å². The van der Waals surface area contributed by atoms with Gasteiger partial charge in [-0.2, -0.15) is 0 Å². The van der Waals surface area contributed by atoms with Gasteiger partial charge >= 0.3 is 5.97 Å². The number of ether oxygens (including phenoxy) is 2. The van der Waals surface area contributed by atoms with E-state index in [1.807, 2.05) is 72.8 Å². The normalized spacial score (nSPS) is 13.5. The van der Waals surface area contributed by atoms with E-state index < -0.39 is 12.0 Å². The lowest BCUT2D eigenvalue weighted by Gasteiger charge is -2.20. The molecule has 2 N–H and O–H groups in total. The van der Waals surface area contributed by atoms with Crippen LogP contribution < -0.4 is 15.4 Å². The van der Waals surface area contributed by atoms with Crippen molar-refractivity contribution in [1.82, 2.24) is 0 Å². The Morgan fingerprint density at radius 3 is 2.13 bits per heavy atom. The molecule has 1 aliphatic carbocycles. The first-order valence-corrected chi connectivity index (χ1v) is 15.7. The number of para-hydroxylation sites is 2. The molecule has 4 aromatic carbocycles. The van der Waals surface area contributed by atoms with E-state index in [0.717, 1.165) is 54.7 Å². The van der Waals surface area contributed by atoms with Crippen molar-refractivity contribution in [3.63, 3.8) is 0 Å². The molecule has 0 spiro atoms.